The van der Waals surface area contributed by atoms with Crippen LogP contribution in [0.25, 0.3) is 0 Å². The zero-order chi connectivity index (χ0) is 10.8. The first kappa shape index (κ1) is 10.4. The van der Waals surface area contributed by atoms with Crippen LogP contribution in [-0.4, -0.2) is 29.1 Å². The van der Waals surface area contributed by atoms with Gasteiger partial charge in [-0.1, -0.05) is 0 Å². The molecule has 0 unspecified atom stereocenters. The second-order valence-electron chi connectivity index (χ2n) is 4.24. The van der Waals surface area contributed by atoms with Crippen molar-refractivity contribution in [2.45, 2.75) is 32.7 Å². The molecule has 0 amide bonds. The van der Waals surface area contributed by atoms with E-state index >= 15 is 0 Å². The fourth-order valence-electron chi connectivity index (χ4n) is 1.94. The minimum Gasteiger partial charge on any atom is -0.355 e. The van der Waals surface area contributed by atoms with Crippen LogP contribution in [0.2, 0.25) is 0 Å². The lowest BCUT2D eigenvalue weighted by Gasteiger charge is -2.31. The van der Waals surface area contributed by atoms with Crippen LogP contribution < -0.4 is 10.6 Å². The van der Waals surface area contributed by atoms with Gasteiger partial charge in [-0.05, 0) is 26.7 Å². The molecule has 2 heterocycles. The number of hydrogen-bond acceptors (Lipinski definition) is 4. The summed E-state index contributed by atoms with van der Waals surface area (Å²) in [6.45, 7) is 5.99. The Hall–Kier alpha value is -1.16. The monoisotopic (exact) mass is 206 g/mol. The van der Waals surface area contributed by atoms with E-state index in [2.05, 4.69) is 14.9 Å². The van der Waals surface area contributed by atoms with Gasteiger partial charge in [-0.2, -0.15) is 0 Å². The molecule has 1 aliphatic rings. The van der Waals surface area contributed by atoms with Gasteiger partial charge in [0, 0.05) is 25.3 Å². The zero-order valence-electron chi connectivity index (χ0n) is 9.40. The van der Waals surface area contributed by atoms with Crippen molar-refractivity contribution in [2.75, 3.05) is 18.0 Å². The summed E-state index contributed by atoms with van der Waals surface area (Å²) in [5.41, 5.74) is 7.87. The number of piperidine rings is 1. The fourth-order valence-corrected chi connectivity index (χ4v) is 1.94. The normalized spacial score (nSPS) is 18.2. The first-order valence-electron chi connectivity index (χ1n) is 5.47. The Morgan fingerprint density at radius 3 is 2.67 bits per heavy atom. The Bertz CT molecular complexity index is 342. The molecule has 1 saturated heterocycles. The van der Waals surface area contributed by atoms with Crippen molar-refractivity contribution in [3.63, 3.8) is 0 Å². The summed E-state index contributed by atoms with van der Waals surface area (Å²) in [5.74, 6) is 1.03. The van der Waals surface area contributed by atoms with Gasteiger partial charge in [-0.15, -0.1) is 0 Å². The molecule has 0 bridgehead atoms. The highest BCUT2D eigenvalue weighted by Crippen LogP contribution is 2.19. The molecule has 1 fully saturated rings. The molecule has 0 saturated carbocycles. The molecule has 4 nitrogen and oxygen atoms in total. The quantitative estimate of drug-likeness (QED) is 0.745. The molecule has 1 aromatic rings. The molecule has 82 valence electrons. The van der Waals surface area contributed by atoms with Crippen molar-refractivity contribution in [3.8, 4) is 0 Å². The summed E-state index contributed by atoms with van der Waals surface area (Å²) in [4.78, 5) is 11.2. The van der Waals surface area contributed by atoms with Crippen molar-refractivity contribution < 1.29 is 0 Å². The second-order valence-corrected chi connectivity index (χ2v) is 4.24. The van der Waals surface area contributed by atoms with E-state index in [-0.39, 0.29) is 0 Å². The van der Waals surface area contributed by atoms with E-state index in [0.717, 1.165) is 43.1 Å². The Kier molecular flexibility index (Phi) is 2.86. The molecule has 15 heavy (non-hydrogen) atoms. The van der Waals surface area contributed by atoms with Gasteiger partial charge in [0.25, 0.3) is 0 Å². The molecule has 0 atom stereocenters. The molecular weight excluding hydrogens is 188 g/mol. The molecule has 1 aromatic heterocycles. The standard InChI is InChI=1S/C11H18N4/c1-8-7-13-9(2)11(14-8)15-5-3-10(12)4-6-15/h7,10H,3-6,12H2,1-2H3. The van der Waals surface area contributed by atoms with E-state index in [1.54, 1.807) is 0 Å². The molecule has 2 N–H and O–H groups in total. The van der Waals surface area contributed by atoms with Gasteiger partial charge in [-0.25, -0.2) is 4.98 Å². The maximum absolute atomic E-state index is 5.88. The fraction of sp³-hybridized carbons (Fsp3) is 0.636. The average Bonchev–Trinajstić information content (AvgIpc) is 2.23. The first-order valence-corrected chi connectivity index (χ1v) is 5.47. The Labute approximate surface area is 90.5 Å². The van der Waals surface area contributed by atoms with Gasteiger partial charge in [0.1, 0.15) is 5.82 Å². The van der Waals surface area contributed by atoms with E-state index in [1.807, 2.05) is 20.0 Å². The van der Waals surface area contributed by atoms with Crippen molar-refractivity contribution in [1.29, 1.82) is 0 Å². The van der Waals surface area contributed by atoms with Crippen LogP contribution in [0.15, 0.2) is 6.20 Å². The van der Waals surface area contributed by atoms with Crippen LogP contribution >= 0.6 is 0 Å². The molecule has 0 aliphatic carbocycles. The number of nitrogens with zero attached hydrogens (tertiary/aromatic N) is 3. The van der Waals surface area contributed by atoms with Gasteiger partial charge in [0.05, 0.1) is 11.4 Å². The van der Waals surface area contributed by atoms with E-state index in [1.165, 1.54) is 0 Å². The minimum absolute atomic E-state index is 0.360. The summed E-state index contributed by atoms with van der Waals surface area (Å²) >= 11 is 0. The number of anilines is 1. The van der Waals surface area contributed by atoms with Crippen LogP contribution in [0.4, 0.5) is 5.82 Å². The van der Waals surface area contributed by atoms with Crippen LogP contribution in [-0.2, 0) is 0 Å². The van der Waals surface area contributed by atoms with Gasteiger partial charge in [0.2, 0.25) is 0 Å². The number of aryl methyl sites for hydroxylation is 2. The smallest absolute Gasteiger partial charge is 0.150 e. The zero-order valence-corrected chi connectivity index (χ0v) is 9.40. The number of rotatable bonds is 1. The third kappa shape index (κ3) is 2.26. The molecule has 1 aliphatic heterocycles. The molecule has 0 radical (unpaired) electrons. The lowest BCUT2D eigenvalue weighted by molar-refractivity contribution is 0.497. The average molecular weight is 206 g/mol. The SMILES string of the molecule is Cc1cnc(C)c(N2CCC(N)CC2)n1. The minimum atomic E-state index is 0.360. The molecule has 2 rings (SSSR count). The highest BCUT2D eigenvalue weighted by atomic mass is 15.2. The van der Waals surface area contributed by atoms with Crippen molar-refractivity contribution in [1.82, 2.24) is 9.97 Å². The predicted molar refractivity (Wildman–Crippen MR) is 60.9 cm³/mol. The summed E-state index contributed by atoms with van der Waals surface area (Å²) in [7, 11) is 0. The molecule has 4 heteroatoms. The predicted octanol–water partition coefficient (Wildman–Crippen LogP) is 1.02. The largest absolute Gasteiger partial charge is 0.355 e. The topological polar surface area (TPSA) is 55.0 Å². The van der Waals surface area contributed by atoms with E-state index in [4.69, 9.17) is 5.73 Å². The van der Waals surface area contributed by atoms with Crippen molar-refractivity contribution in [2.24, 2.45) is 5.73 Å². The summed E-state index contributed by atoms with van der Waals surface area (Å²) in [5, 5.41) is 0. The number of hydrogen-bond donors (Lipinski definition) is 1. The highest BCUT2D eigenvalue weighted by Gasteiger charge is 2.18. The first-order chi connectivity index (χ1) is 7.16. The number of aromatic nitrogens is 2. The van der Waals surface area contributed by atoms with Crippen LogP contribution in [0.1, 0.15) is 24.2 Å². The maximum Gasteiger partial charge on any atom is 0.150 e. The third-order valence-corrected chi connectivity index (χ3v) is 2.89. The molecule has 0 aromatic carbocycles. The third-order valence-electron chi connectivity index (χ3n) is 2.89. The van der Waals surface area contributed by atoms with E-state index in [0.29, 0.717) is 6.04 Å². The molecule has 0 spiro atoms. The Balaban J connectivity index is 2.18. The Morgan fingerprint density at radius 2 is 2.00 bits per heavy atom. The van der Waals surface area contributed by atoms with Crippen LogP contribution in [0.5, 0.6) is 0 Å². The molecular formula is C11H18N4. The van der Waals surface area contributed by atoms with Gasteiger partial charge < -0.3 is 10.6 Å². The van der Waals surface area contributed by atoms with Gasteiger partial charge in [0.15, 0.2) is 0 Å². The van der Waals surface area contributed by atoms with Gasteiger partial charge >= 0.3 is 0 Å². The van der Waals surface area contributed by atoms with Crippen LogP contribution in [0.3, 0.4) is 0 Å². The highest BCUT2D eigenvalue weighted by molar-refractivity contribution is 5.43. The Morgan fingerprint density at radius 1 is 1.33 bits per heavy atom. The summed E-state index contributed by atoms with van der Waals surface area (Å²) in [6, 6.07) is 0.360. The lowest BCUT2D eigenvalue weighted by atomic mass is 10.1. The van der Waals surface area contributed by atoms with E-state index in [9.17, 15) is 0 Å². The summed E-state index contributed by atoms with van der Waals surface area (Å²) < 4.78 is 0. The van der Waals surface area contributed by atoms with Crippen LogP contribution in [0, 0.1) is 13.8 Å². The van der Waals surface area contributed by atoms with E-state index < -0.39 is 0 Å². The van der Waals surface area contributed by atoms with Crippen molar-refractivity contribution >= 4 is 5.82 Å². The second kappa shape index (κ2) is 4.14. The number of nitrogens with two attached hydrogens (primary N) is 1. The van der Waals surface area contributed by atoms with Crippen molar-refractivity contribution in [3.05, 3.63) is 17.6 Å². The summed E-state index contributed by atoms with van der Waals surface area (Å²) in [6.07, 6.45) is 3.92. The maximum atomic E-state index is 5.88. The lowest BCUT2D eigenvalue weighted by Crippen LogP contribution is -2.40. The van der Waals surface area contributed by atoms with Gasteiger partial charge in [-0.3, -0.25) is 4.98 Å².